The van der Waals surface area contributed by atoms with Gasteiger partial charge in [-0.05, 0) is 32.8 Å². The molecule has 3 rings (SSSR count). The van der Waals surface area contributed by atoms with Gasteiger partial charge >= 0.3 is 6.03 Å². The highest BCUT2D eigenvalue weighted by atomic mass is 32.2. The van der Waals surface area contributed by atoms with E-state index >= 15 is 0 Å². The number of hydrogen-bond donors (Lipinski definition) is 1. The number of carbonyl (C=O) groups excluding carboxylic acids is 1. The number of methoxy groups -OCH3 is 1. The minimum atomic E-state index is -3.97. The Labute approximate surface area is 200 Å². The van der Waals surface area contributed by atoms with E-state index in [1.54, 1.807) is 22.6 Å². The summed E-state index contributed by atoms with van der Waals surface area (Å²) in [6, 6.07) is 5.44. The molecule has 1 aliphatic rings. The molecule has 188 valence electrons. The molecule has 11 heteroatoms. The highest BCUT2D eigenvalue weighted by Crippen LogP contribution is 2.23. The molecule has 1 atom stereocenters. The number of imidazole rings is 1. The molecule has 2 heterocycles. The zero-order chi connectivity index (χ0) is 24.7. The van der Waals surface area contributed by atoms with Crippen LogP contribution >= 0.6 is 0 Å². The molecule has 1 fully saturated rings. The Bertz CT molecular complexity index is 1070. The van der Waals surface area contributed by atoms with Gasteiger partial charge in [0.05, 0.1) is 43.4 Å². The summed E-state index contributed by atoms with van der Waals surface area (Å²) in [6.07, 6.45) is 2.99. The number of urea groups is 1. The monoisotopic (exact) mass is 496 g/mol. The molecule has 1 aromatic carbocycles. The number of rotatable bonds is 11. The molecule has 0 spiro atoms. The van der Waals surface area contributed by atoms with Gasteiger partial charge in [-0.15, -0.1) is 0 Å². The zero-order valence-corrected chi connectivity index (χ0v) is 20.7. The summed E-state index contributed by atoms with van der Waals surface area (Å²) in [5, 5.41) is 2.70. The molecule has 2 amide bonds. The SMILES string of the molecule is COCCN(Cc1cnc(S(=O)(=O)Cc2ccccc2F)n1C[C@@H]1CCCO1)C(=O)NC(C)C. The number of hydrogen-bond acceptors (Lipinski definition) is 6. The lowest BCUT2D eigenvalue weighted by Crippen LogP contribution is -2.44. The molecule has 34 heavy (non-hydrogen) atoms. The van der Waals surface area contributed by atoms with E-state index in [1.807, 2.05) is 13.8 Å². The van der Waals surface area contributed by atoms with Gasteiger partial charge in [0.15, 0.2) is 0 Å². The van der Waals surface area contributed by atoms with Gasteiger partial charge in [-0.3, -0.25) is 0 Å². The van der Waals surface area contributed by atoms with E-state index in [4.69, 9.17) is 9.47 Å². The van der Waals surface area contributed by atoms with Crippen molar-refractivity contribution in [3.05, 3.63) is 47.5 Å². The van der Waals surface area contributed by atoms with Gasteiger partial charge in [0, 0.05) is 31.9 Å². The number of aromatic nitrogens is 2. The lowest BCUT2D eigenvalue weighted by Gasteiger charge is -2.25. The molecule has 1 N–H and O–H groups in total. The smallest absolute Gasteiger partial charge is 0.318 e. The third-order valence-electron chi connectivity index (χ3n) is 5.51. The lowest BCUT2D eigenvalue weighted by atomic mass is 10.2. The van der Waals surface area contributed by atoms with Crippen LogP contribution in [0, 0.1) is 5.82 Å². The second-order valence-corrected chi connectivity index (χ2v) is 10.5. The fourth-order valence-electron chi connectivity index (χ4n) is 3.83. The van der Waals surface area contributed by atoms with Crippen LogP contribution < -0.4 is 5.32 Å². The second-order valence-electron chi connectivity index (χ2n) is 8.65. The van der Waals surface area contributed by atoms with Crippen LogP contribution in [-0.4, -0.2) is 67.9 Å². The summed E-state index contributed by atoms with van der Waals surface area (Å²) < 4.78 is 53.2. The summed E-state index contributed by atoms with van der Waals surface area (Å²) in [7, 11) is -2.42. The third kappa shape index (κ3) is 6.77. The number of amides is 2. The van der Waals surface area contributed by atoms with Crippen molar-refractivity contribution in [2.24, 2.45) is 0 Å². The Balaban J connectivity index is 1.93. The van der Waals surface area contributed by atoms with E-state index in [0.29, 0.717) is 25.5 Å². The van der Waals surface area contributed by atoms with Gasteiger partial charge < -0.3 is 24.3 Å². The zero-order valence-electron chi connectivity index (χ0n) is 19.9. The maximum absolute atomic E-state index is 14.2. The van der Waals surface area contributed by atoms with Crippen molar-refractivity contribution < 1.29 is 27.1 Å². The quantitative estimate of drug-likeness (QED) is 0.513. The van der Waals surface area contributed by atoms with E-state index in [2.05, 4.69) is 10.3 Å². The highest BCUT2D eigenvalue weighted by Gasteiger charge is 2.29. The van der Waals surface area contributed by atoms with Crippen LogP contribution in [-0.2, 0) is 38.2 Å². The fourth-order valence-corrected chi connectivity index (χ4v) is 5.34. The summed E-state index contributed by atoms with van der Waals surface area (Å²) in [6.45, 7) is 5.40. The van der Waals surface area contributed by atoms with Crippen LogP contribution in [0.2, 0.25) is 0 Å². The number of nitrogens with zero attached hydrogens (tertiary/aromatic N) is 3. The summed E-state index contributed by atoms with van der Waals surface area (Å²) in [4.78, 5) is 18.5. The molecule has 1 aromatic heterocycles. The molecular formula is C23H33FN4O5S. The average Bonchev–Trinajstić information content (AvgIpc) is 3.43. The van der Waals surface area contributed by atoms with E-state index in [9.17, 15) is 17.6 Å². The fraction of sp³-hybridized carbons (Fsp3) is 0.565. The highest BCUT2D eigenvalue weighted by molar-refractivity contribution is 7.90. The topological polar surface area (TPSA) is 103 Å². The van der Waals surface area contributed by atoms with Gasteiger partial charge in [0.2, 0.25) is 15.0 Å². The third-order valence-corrected chi connectivity index (χ3v) is 7.08. The van der Waals surface area contributed by atoms with Crippen LogP contribution in [0.3, 0.4) is 0 Å². The largest absolute Gasteiger partial charge is 0.383 e. The molecule has 1 saturated heterocycles. The molecule has 0 radical (unpaired) electrons. The van der Waals surface area contributed by atoms with Gasteiger partial charge in [0.25, 0.3) is 0 Å². The van der Waals surface area contributed by atoms with Crippen molar-refractivity contribution in [3.8, 4) is 0 Å². The Kier molecular flexibility index (Phi) is 9.03. The van der Waals surface area contributed by atoms with Gasteiger partial charge in [-0.2, -0.15) is 0 Å². The van der Waals surface area contributed by atoms with E-state index in [1.165, 1.54) is 24.4 Å². The van der Waals surface area contributed by atoms with Crippen molar-refractivity contribution in [2.45, 2.75) is 62.8 Å². The van der Waals surface area contributed by atoms with Crippen molar-refractivity contribution in [3.63, 3.8) is 0 Å². The van der Waals surface area contributed by atoms with Gasteiger partial charge in [0.1, 0.15) is 5.82 Å². The number of carbonyl (C=O) groups is 1. The molecule has 1 aliphatic heterocycles. The summed E-state index contributed by atoms with van der Waals surface area (Å²) >= 11 is 0. The van der Waals surface area contributed by atoms with Crippen LogP contribution in [0.4, 0.5) is 9.18 Å². The Hall–Kier alpha value is -2.50. The first kappa shape index (κ1) is 26.1. The van der Waals surface area contributed by atoms with Crippen molar-refractivity contribution in [2.75, 3.05) is 26.9 Å². The maximum Gasteiger partial charge on any atom is 0.318 e. The molecule has 0 unspecified atom stereocenters. The molecular weight excluding hydrogens is 463 g/mol. The van der Waals surface area contributed by atoms with E-state index in [-0.39, 0.29) is 42.0 Å². The minimum absolute atomic E-state index is 0.0638. The summed E-state index contributed by atoms with van der Waals surface area (Å²) in [5.74, 6) is -1.09. The molecule has 0 saturated carbocycles. The molecule has 2 aromatic rings. The average molecular weight is 497 g/mol. The molecule has 0 aliphatic carbocycles. The van der Waals surface area contributed by atoms with Crippen molar-refractivity contribution in [1.82, 2.24) is 19.8 Å². The van der Waals surface area contributed by atoms with Crippen LogP contribution in [0.1, 0.15) is 37.9 Å². The maximum atomic E-state index is 14.2. The Morgan fingerprint density at radius 3 is 2.79 bits per heavy atom. The molecule has 9 nitrogen and oxygen atoms in total. The van der Waals surface area contributed by atoms with Crippen LogP contribution in [0.5, 0.6) is 0 Å². The standard InChI is InChI=1S/C23H33FN4O5S/c1-17(2)26-22(29)27(10-12-32-3)14-19-13-25-23(28(19)15-20-8-6-11-33-20)34(30,31)16-18-7-4-5-9-21(18)24/h4-5,7,9,13,17,20H,6,8,10-12,14-16H2,1-3H3,(H,26,29)/t20-/m0/s1. The normalized spacial score (nSPS) is 16.2. The van der Waals surface area contributed by atoms with E-state index in [0.717, 1.165) is 12.8 Å². The predicted octanol–water partition coefficient (Wildman–Crippen LogP) is 2.74. The van der Waals surface area contributed by atoms with Crippen LogP contribution in [0.25, 0.3) is 0 Å². The lowest BCUT2D eigenvalue weighted by molar-refractivity contribution is 0.0930. The Morgan fingerprint density at radius 2 is 2.15 bits per heavy atom. The van der Waals surface area contributed by atoms with Gasteiger partial charge in [-0.1, -0.05) is 18.2 Å². The van der Waals surface area contributed by atoms with E-state index < -0.39 is 21.4 Å². The first-order valence-electron chi connectivity index (χ1n) is 11.4. The number of benzene rings is 1. The summed E-state index contributed by atoms with van der Waals surface area (Å²) in [5.41, 5.74) is 0.631. The predicted molar refractivity (Wildman–Crippen MR) is 124 cm³/mol. The minimum Gasteiger partial charge on any atom is -0.383 e. The van der Waals surface area contributed by atoms with Crippen LogP contribution in [0.15, 0.2) is 35.6 Å². The number of ether oxygens (including phenoxy) is 2. The number of halogens is 1. The first-order valence-corrected chi connectivity index (χ1v) is 13.0. The second kappa shape index (κ2) is 11.8. The van der Waals surface area contributed by atoms with Gasteiger partial charge in [-0.25, -0.2) is 22.6 Å². The van der Waals surface area contributed by atoms with Crippen molar-refractivity contribution in [1.29, 1.82) is 0 Å². The first-order chi connectivity index (χ1) is 16.2. The number of sulfone groups is 1. The van der Waals surface area contributed by atoms with Crippen molar-refractivity contribution >= 4 is 15.9 Å². The Morgan fingerprint density at radius 1 is 1.38 bits per heavy atom. The molecule has 0 bridgehead atoms. The number of nitrogens with one attached hydrogen (secondary N) is 1.